The van der Waals surface area contributed by atoms with Gasteiger partial charge in [0.15, 0.2) is 5.78 Å². The number of hydrogen-bond acceptors (Lipinski definition) is 1. The van der Waals surface area contributed by atoms with Crippen molar-refractivity contribution in [3.63, 3.8) is 0 Å². The maximum Gasteiger partial charge on any atom is 0.181 e. The van der Waals surface area contributed by atoms with E-state index in [0.717, 1.165) is 18.4 Å². The Balaban J connectivity index is 0.00000196. The van der Waals surface area contributed by atoms with Crippen LogP contribution in [0, 0.1) is 5.41 Å². The van der Waals surface area contributed by atoms with E-state index in [1.54, 1.807) is 6.08 Å². The molecule has 1 aliphatic rings. The molecule has 1 aliphatic carbocycles. The molecule has 1 heteroatoms. The molecule has 0 heterocycles. The van der Waals surface area contributed by atoms with E-state index < -0.39 is 0 Å². The van der Waals surface area contributed by atoms with Crippen LogP contribution in [0.2, 0.25) is 0 Å². The first-order chi connectivity index (χ1) is 6.49. The molecule has 15 heavy (non-hydrogen) atoms. The van der Waals surface area contributed by atoms with Crippen LogP contribution in [-0.4, -0.2) is 5.78 Å². The minimum absolute atomic E-state index is 0. The number of hydrogen-bond donors (Lipinski definition) is 0. The Morgan fingerprint density at radius 3 is 2.47 bits per heavy atom. The van der Waals surface area contributed by atoms with E-state index in [4.69, 9.17) is 0 Å². The highest BCUT2D eigenvalue weighted by molar-refractivity contribution is 6.05. The van der Waals surface area contributed by atoms with Gasteiger partial charge in [0.25, 0.3) is 0 Å². The zero-order chi connectivity index (χ0) is 10.8. The Bertz CT molecular complexity index is 292. The lowest BCUT2D eigenvalue weighted by molar-refractivity contribution is -0.112. The van der Waals surface area contributed by atoms with Crippen LogP contribution in [0.4, 0.5) is 0 Å². The molecule has 0 saturated carbocycles. The smallest absolute Gasteiger partial charge is 0.181 e. The van der Waals surface area contributed by atoms with Crippen molar-refractivity contribution in [1.82, 2.24) is 0 Å². The molecule has 0 fully saturated rings. The highest BCUT2D eigenvalue weighted by Crippen LogP contribution is 2.40. The fourth-order valence-electron chi connectivity index (χ4n) is 2.40. The fourth-order valence-corrected chi connectivity index (χ4v) is 2.40. The first-order valence-corrected chi connectivity index (χ1v) is 5.36. The molecule has 0 aromatic rings. The molecule has 0 amide bonds. The Hall–Kier alpha value is -0.850. The molecule has 0 unspecified atom stereocenters. The van der Waals surface area contributed by atoms with Gasteiger partial charge < -0.3 is 0 Å². The topological polar surface area (TPSA) is 17.1 Å². The van der Waals surface area contributed by atoms with Crippen LogP contribution >= 0.6 is 0 Å². The number of ketones is 1. The van der Waals surface area contributed by atoms with E-state index in [1.165, 1.54) is 12.0 Å². The second-order valence-electron chi connectivity index (χ2n) is 4.76. The van der Waals surface area contributed by atoms with Crippen LogP contribution in [0.25, 0.3) is 0 Å². The second kappa shape index (κ2) is 5.29. The molecular weight excluding hydrogens is 184 g/mol. The van der Waals surface area contributed by atoms with Gasteiger partial charge >= 0.3 is 0 Å². The SMILES string of the molecule is C.C/C=C/C(=O)C1=C(C)CCCC1(C)C. The number of rotatable bonds is 2. The molecule has 0 aromatic heterocycles. The summed E-state index contributed by atoms with van der Waals surface area (Å²) in [6.45, 7) is 8.33. The Labute approximate surface area is 94.3 Å². The van der Waals surface area contributed by atoms with Gasteiger partial charge in [-0.25, -0.2) is 0 Å². The lowest BCUT2D eigenvalue weighted by Gasteiger charge is -2.32. The summed E-state index contributed by atoms with van der Waals surface area (Å²) in [5, 5.41) is 0. The Morgan fingerprint density at radius 1 is 1.40 bits per heavy atom. The molecule has 1 rings (SSSR count). The van der Waals surface area contributed by atoms with Crippen molar-refractivity contribution in [2.75, 3.05) is 0 Å². The Kier molecular flexibility index (Phi) is 4.99. The number of carbonyl (C=O) groups excluding carboxylic acids is 1. The molecule has 0 aliphatic heterocycles. The maximum absolute atomic E-state index is 11.9. The quantitative estimate of drug-likeness (QED) is 0.618. The van der Waals surface area contributed by atoms with Crippen LogP contribution in [0.1, 0.15) is 54.4 Å². The van der Waals surface area contributed by atoms with Gasteiger partial charge in [0.1, 0.15) is 0 Å². The maximum atomic E-state index is 11.9. The zero-order valence-corrected chi connectivity index (χ0v) is 9.68. The minimum Gasteiger partial charge on any atom is -0.290 e. The highest BCUT2D eigenvalue weighted by atomic mass is 16.1. The Morgan fingerprint density at radius 2 is 2.00 bits per heavy atom. The summed E-state index contributed by atoms with van der Waals surface area (Å²) in [6.07, 6.45) is 6.94. The largest absolute Gasteiger partial charge is 0.290 e. The molecule has 0 aromatic carbocycles. The normalized spacial score (nSPS) is 20.3. The monoisotopic (exact) mass is 208 g/mol. The van der Waals surface area contributed by atoms with Gasteiger partial charge in [-0.3, -0.25) is 4.79 Å². The molecule has 0 bridgehead atoms. The molecule has 0 saturated heterocycles. The van der Waals surface area contributed by atoms with Crippen molar-refractivity contribution in [2.45, 2.75) is 54.4 Å². The minimum atomic E-state index is 0. The standard InChI is InChI=1S/C13H20O.CH4/c1-5-7-11(14)12-10(2)8-6-9-13(12,3)4;/h5,7H,6,8-9H2,1-4H3;1H4/b7-5+;. The van der Waals surface area contributed by atoms with E-state index in [1.807, 2.05) is 13.0 Å². The summed E-state index contributed by atoms with van der Waals surface area (Å²) in [6, 6.07) is 0. The van der Waals surface area contributed by atoms with Crippen LogP contribution in [-0.2, 0) is 4.79 Å². The van der Waals surface area contributed by atoms with E-state index in [0.29, 0.717) is 0 Å². The van der Waals surface area contributed by atoms with Crippen molar-refractivity contribution >= 4 is 5.78 Å². The molecule has 0 spiro atoms. The van der Waals surface area contributed by atoms with Crippen LogP contribution in [0.5, 0.6) is 0 Å². The van der Waals surface area contributed by atoms with Crippen molar-refractivity contribution in [2.24, 2.45) is 5.41 Å². The number of carbonyl (C=O) groups is 1. The summed E-state index contributed by atoms with van der Waals surface area (Å²) >= 11 is 0. The van der Waals surface area contributed by atoms with Gasteiger partial charge in [0.2, 0.25) is 0 Å². The predicted octanol–water partition coefficient (Wildman–Crippen LogP) is 4.29. The van der Waals surface area contributed by atoms with Crippen LogP contribution < -0.4 is 0 Å². The van der Waals surface area contributed by atoms with Crippen molar-refractivity contribution < 1.29 is 4.79 Å². The molecule has 0 N–H and O–H groups in total. The van der Waals surface area contributed by atoms with E-state index in [-0.39, 0.29) is 18.6 Å². The average Bonchev–Trinajstić information content (AvgIpc) is 2.02. The van der Waals surface area contributed by atoms with Gasteiger partial charge in [-0.05, 0) is 44.6 Å². The van der Waals surface area contributed by atoms with Crippen LogP contribution in [0.3, 0.4) is 0 Å². The first-order valence-electron chi connectivity index (χ1n) is 5.36. The molecule has 0 atom stereocenters. The third-order valence-corrected chi connectivity index (χ3v) is 3.02. The summed E-state index contributed by atoms with van der Waals surface area (Å²) < 4.78 is 0. The fraction of sp³-hybridized carbons (Fsp3) is 0.643. The van der Waals surface area contributed by atoms with Gasteiger partial charge in [-0.1, -0.05) is 32.9 Å². The van der Waals surface area contributed by atoms with E-state index >= 15 is 0 Å². The van der Waals surface area contributed by atoms with Gasteiger partial charge in [-0.2, -0.15) is 0 Å². The summed E-state index contributed by atoms with van der Waals surface area (Å²) in [7, 11) is 0. The van der Waals surface area contributed by atoms with Crippen molar-refractivity contribution in [1.29, 1.82) is 0 Å². The van der Waals surface area contributed by atoms with E-state index in [9.17, 15) is 4.79 Å². The molecule has 1 nitrogen and oxygen atoms in total. The zero-order valence-electron chi connectivity index (χ0n) is 9.68. The third-order valence-electron chi connectivity index (χ3n) is 3.02. The summed E-state index contributed by atoms with van der Waals surface area (Å²) in [4.78, 5) is 11.9. The van der Waals surface area contributed by atoms with Gasteiger partial charge in [0.05, 0.1) is 0 Å². The number of allylic oxidation sites excluding steroid dienone is 4. The summed E-state index contributed by atoms with van der Waals surface area (Å²) in [5.74, 6) is 0.203. The van der Waals surface area contributed by atoms with Crippen molar-refractivity contribution in [3.8, 4) is 0 Å². The molecule has 86 valence electrons. The third kappa shape index (κ3) is 3.05. The van der Waals surface area contributed by atoms with E-state index in [2.05, 4.69) is 20.8 Å². The highest BCUT2D eigenvalue weighted by Gasteiger charge is 2.31. The lowest BCUT2D eigenvalue weighted by Crippen LogP contribution is -2.25. The second-order valence-corrected chi connectivity index (χ2v) is 4.76. The first kappa shape index (κ1) is 14.2. The van der Waals surface area contributed by atoms with Gasteiger partial charge in [-0.15, -0.1) is 0 Å². The molecular formula is C14H24O. The van der Waals surface area contributed by atoms with Gasteiger partial charge in [0, 0.05) is 5.57 Å². The average molecular weight is 208 g/mol. The molecule has 0 radical (unpaired) electrons. The lowest BCUT2D eigenvalue weighted by atomic mass is 9.71. The predicted molar refractivity (Wildman–Crippen MR) is 66.9 cm³/mol. The summed E-state index contributed by atoms with van der Waals surface area (Å²) in [5.41, 5.74) is 2.39. The van der Waals surface area contributed by atoms with Crippen LogP contribution in [0.15, 0.2) is 23.3 Å². The van der Waals surface area contributed by atoms with Crippen molar-refractivity contribution in [3.05, 3.63) is 23.3 Å².